The minimum atomic E-state index is -2.55. The smallest absolute Gasteiger partial charge is 0.351 e. The van der Waals surface area contributed by atoms with Crippen LogP contribution in [-0.2, 0) is 38.1 Å². The van der Waals surface area contributed by atoms with Crippen LogP contribution >= 0.6 is 0 Å². The second-order valence-corrected chi connectivity index (χ2v) is 21.0. The topological polar surface area (TPSA) is 255 Å². The van der Waals surface area contributed by atoms with Crippen LogP contribution in [-0.4, -0.2) is 118 Å². The van der Waals surface area contributed by atoms with Crippen molar-refractivity contribution in [3.63, 3.8) is 0 Å². The minimum absolute atomic E-state index is 0.0203. The van der Waals surface area contributed by atoms with Crippen molar-refractivity contribution in [1.82, 2.24) is 5.32 Å². The van der Waals surface area contributed by atoms with E-state index in [2.05, 4.69) is 5.32 Å². The van der Waals surface area contributed by atoms with Crippen LogP contribution in [0.15, 0.2) is 136 Å². The van der Waals surface area contributed by atoms with Gasteiger partial charge in [-0.25, -0.2) is 19.2 Å². The van der Waals surface area contributed by atoms with Crippen LogP contribution in [0, 0.1) is 16.7 Å². The maximum Gasteiger partial charge on any atom is 0.351 e. The van der Waals surface area contributed by atoms with Crippen molar-refractivity contribution in [3.8, 4) is 0 Å². The molecule has 4 aliphatic rings. The number of Topliss-reactive ketones (excluding diaryl/α,β-unsaturated/α-hetero) is 1. The fourth-order valence-electron chi connectivity index (χ4n) is 12.2. The van der Waals surface area contributed by atoms with Crippen molar-refractivity contribution < 1.29 is 72.2 Å². The maximum absolute atomic E-state index is 16.3. The zero-order valence-corrected chi connectivity index (χ0v) is 43.7. The van der Waals surface area contributed by atoms with E-state index in [1.165, 1.54) is 45.9 Å². The predicted octanol–water partition coefficient (Wildman–Crippen LogP) is 5.98. The lowest BCUT2D eigenvalue weighted by Crippen LogP contribution is -2.82. The third-order valence-corrected chi connectivity index (χ3v) is 16.5. The Kier molecular flexibility index (Phi) is 14.7. The van der Waals surface area contributed by atoms with Crippen LogP contribution in [0.5, 0.6) is 0 Å². The number of nitrogens with one attached hydrogen (secondary N) is 1. The molecule has 0 radical (unpaired) electrons. The molecular formula is C59H62N2O16. The first-order chi connectivity index (χ1) is 36.6. The average Bonchev–Trinajstić information content (AvgIpc) is 3.51. The van der Waals surface area contributed by atoms with Crippen molar-refractivity contribution in [3.05, 3.63) is 159 Å². The predicted molar refractivity (Wildman–Crippen MR) is 277 cm³/mol. The minimum Gasteiger partial charge on any atom is -0.456 e. The number of fused-ring (bicyclic) bond motifs is 6. The number of aliphatic hydroxyl groups is 3. The zero-order valence-electron chi connectivity index (χ0n) is 43.7. The van der Waals surface area contributed by atoms with Crippen molar-refractivity contribution >= 4 is 52.2 Å². The summed E-state index contributed by atoms with van der Waals surface area (Å²) in [4.78, 5) is 103. The Morgan fingerprint density at radius 1 is 0.818 bits per heavy atom. The fraction of sp³-hybridized carbons (Fsp3) is 0.407. The van der Waals surface area contributed by atoms with Gasteiger partial charge in [0.15, 0.2) is 23.6 Å². The molecule has 1 amide bonds. The Hall–Kier alpha value is -7.51. The molecule has 3 fully saturated rings. The van der Waals surface area contributed by atoms with E-state index in [-0.39, 0.29) is 34.3 Å². The van der Waals surface area contributed by atoms with Crippen LogP contribution in [0.25, 0.3) is 11.0 Å². The third kappa shape index (κ3) is 9.29. The van der Waals surface area contributed by atoms with E-state index in [9.17, 15) is 44.1 Å². The maximum atomic E-state index is 16.3. The second-order valence-electron chi connectivity index (χ2n) is 21.0. The SMILES string of the molecule is CCN(CC)c1ccc2cc(C(=O)O[C@H]3C(=O)[C@@]4(C)[C@H]([C@H](OC(=O)c5ccccc5)[C@]5(O)C[C@H](OC(=O)[C@H](O)[C@@H](NC(=O)c6ccccc6)c6ccccc6)C(C)=C3C5(C)C)[C@]3(OC(C)=O)CO[C@@H]3C[C@@H]4O)c(=O)oc2c1. The van der Waals surface area contributed by atoms with Crippen molar-refractivity contribution in [2.45, 2.75) is 115 Å². The molecule has 4 aromatic carbocycles. The number of hydrogen-bond donors (Lipinski definition) is 4. The number of ether oxygens (including phenoxy) is 5. The van der Waals surface area contributed by atoms with Crippen LogP contribution in [0.3, 0.4) is 0 Å². The molecule has 1 aromatic heterocycles. The Balaban J connectivity index is 1.21. The highest BCUT2D eigenvalue weighted by atomic mass is 16.6. The van der Waals surface area contributed by atoms with E-state index < -0.39 is 130 Å². The normalized spacial score (nSPS) is 27.9. The highest BCUT2D eigenvalue weighted by molar-refractivity contribution is 5.99. The number of benzene rings is 4. The highest BCUT2D eigenvalue weighted by Crippen LogP contribution is 2.64. The Morgan fingerprint density at radius 3 is 2.04 bits per heavy atom. The number of carbonyl (C=O) groups excluding carboxylic acids is 6. The lowest BCUT2D eigenvalue weighted by molar-refractivity contribution is -0.345. The van der Waals surface area contributed by atoms with Gasteiger partial charge in [-0.3, -0.25) is 14.4 Å². The molecule has 2 bridgehead atoms. The molecule has 1 aliphatic heterocycles. The Morgan fingerprint density at radius 2 is 1.44 bits per heavy atom. The second kappa shape index (κ2) is 20.8. The molecule has 2 saturated carbocycles. The number of nitrogens with zero attached hydrogens (tertiary/aromatic N) is 1. The molecule has 18 nitrogen and oxygen atoms in total. The molecule has 9 rings (SSSR count). The van der Waals surface area contributed by atoms with Gasteiger partial charge in [0.25, 0.3) is 5.91 Å². The molecule has 404 valence electrons. The van der Waals surface area contributed by atoms with Gasteiger partial charge in [0.2, 0.25) is 0 Å². The molecule has 1 saturated heterocycles. The van der Waals surface area contributed by atoms with E-state index in [0.717, 1.165) is 12.6 Å². The lowest BCUT2D eigenvalue weighted by Gasteiger charge is -2.67. The third-order valence-electron chi connectivity index (χ3n) is 16.5. The number of hydrogen-bond acceptors (Lipinski definition) is 17. The van der Waals surface area contributed by atoms with Gasteiger partial charge in [-0.1, -0.05) is 80.6 Å². The summed E-state index contributed by atoms with van der Waals surface area (Å²) in [6, 6.07) is 29.0. The van der Waals surface area contributed by atoms with Crippen LogP contribution in [0.1, 0.15) is 104 Å². The molecule has 3 aliphatic carbocycles. The fourth-order valence-corrected chi connectivity index (χ4v) is 12.2. The summed E-state index contributed by atoms with van der Waals surface area (Å²) < 4.78 is 36.9. The summed E-state index contributed by atoms with van der Waals surface area (Å²) in [5.74, 6) is -7.80. The highest BCUT2D eigenvalue weighted by Gasteiger charge is 2.78. The monoisotopic (exact) mass is 1050 g/mol. The largest absolute Gasteiger partial charge is 0.456 e. The zero-order chi connectivity index (χ0) is 55.4. The van der Waals surface area contributed by atoms with Crippen molar-refractivity contribution in [2.24, 2.45) is 16.7 Å². The van der Waals surface area contributed by atoms with Gasteiger partial charge < -0.3 is 53.6 Å². The van der Waals surface area contributed by atoms with Gasteiger partial charge >= 0.3 is 29.5 Å². The summed E-state index contributed by atoms with van der Waals surface area (Å²) in [6.07, 6.45) is -11.6. The van der Waals surface area contributed by atoms with Crippen LogP contribution in [0.2, 0.25) is 0 Å². The van der Waals surface area contributed by atoms with Gasteiger partial charge in [-0.15, -0.1) is 0 Å². The summed E-state index contributed by atoms with van der Waals surface area (Å²) in [6.45, 7) is 11.8. The van der Waals surface area contributed by atoms with E-state index in [1.807, 2.05) is 18.7 Å². The van der Waals surface area contributed by atoms with E-state index in [0.29, 0.717) is 24.0 Å². The number of aliphatic hydroxyl groups excluding tert-OH is 2. The standard InChI is InChI=1S/C59H62N2O16/c1-8-61(9-2)38-26-25-37-27-39(53(68)73-40(37)28-38)54(69)75-47-44-32(3)41(74-55(70)46(64)45(34-19-13-10-14-20-34)60-51(66)35-21-15-11-16-22-35)30-59(71,56(44,5)6)50(76-52(67)36-23-17-12-18-24-36)48-57(7,49(47)65)42(63)29-43-58(48,31-72-43)77-33(4)62/h10-28,41-43,45-48,50,63-64,71H,8-9,29-31H2,1-7H3,(H,60,66)/t41-,42-,43+,45-,46+,47+,48-,50-,57+,58-,59+/m0/s1. The summed E-state index contributed by atoms with van der Waals surface area (Å²) >= 11 is 0. The number of rotatable bonds is 14. The number of ketones is 1. The van der Waals surface area contributed by atoms with Gasteiger partial charge in [0, 0.05) is 61.0 Å². The van der Waals surface area contributed by atoms with E-state index in [4.69, 9.17) is 28.1 Å². The summed E-state index contributed by atoms with van der Waals surface area (Å²) in [5.41, 5.74) is -8.88. The molecule has 77 heavy (non-hydrogen) atoms. The van der Waals surface area contributed by atoms with Crippen molar-refractivity contribution in [2.75, 3.05) is 24.6 Å². The first-order valence-electron chi connectivity index (χ1n) is 25.7. The molecule has 4 N–H and O–H groups in total. The van der Waals surface area contributed by atoms with Gasteiger partial charge in [-0.2, -0.15) is 0 Å². The Bertz CT molecular complexity index is 3210. The lowest BCUT2D eigenvalue weighted by atomic mass is 9.44. The molecular weight excluding hydrogens is 993 g/mol. The molecule has 18 heteroatoms. The Labute approximate surface area is 443 Å². The number of amides is 1. The average molecular weight is 1060 g/mol. The van der Waals surface area contributed by atoms with E-state index in [1.54, 1.807) is 97.1 Å². The summed E-state index contributed by atoms with van der Waals surface area (Å²) in [5, 5.41) is 41.7. The molecule has 11 atom stereocenters. The number of carbonyl (C=O) groups is 6. The van der Waals surface area contributed by atoms with E-state index >= 15 is 4.79 Å². The van der Waals surface area contributed by atoms with Gasteiger partial charge in [0.05, 0.1) is 35.6 Å². The quantitative estimate of drug-likeness (QED) is 0.0432. The molecule has 0 unspecified atom stereocenters. The van der Waals surface area contributed by atoms with Crippen molar-refractivity contribution in [1.29, 1.82) is 0 Å². The molecule has 0 spiro atoms. The van der Waals surface area contributed by atoms with Crippen LogP contribution < -0.4 is 15.8 Å². The van der Waals surface area contributed by atoms with Crippen LogP contribution in [0.4, 0.5) is 5.69 Å². The van der Waals surface area contributed by atoms with Gasteiger partial charge in [0.1, 0.15) is 35.1 Å². The summed E-state index contributed by atoms with van der Waals surface area (Å²) in [7, 11) is 0. The number of anilines is 1. The first kappa shape index (κ1) is 54.3. The number of esters is 4. The molecule has 2 heterocycles. The van der Waals surface area contributed by atoms with Gasteiger partial charge in [-0.05, 0) is 86.9 Å². The first-order valence-corrected chi connectivity index (χ1v) is 25.7. The molecule has 5 aromatic rings.